The van der Waals surface area contributed by atoms with Crippen molar-refractivity contribution in [2.45, 2.75) is 0 Å². The Morgan fingerprint density at radius 2 is 2.30 bits per heavy atom. The van der Waals surface area contributed by atoms with Gasteiger partial charge in [-0.15, -0.1) is 0 Å². The van der Waals surface area contributed by atoms with E-state index in [1.54, 1.807) is 0 Å². The van der Waals surface area contributed by atoms with Gasteiger partial charge in [-0.2, -0.15) is 4.98 Å². The molecular formula is C4H6FN5. The van der Waals surface area contributed by atoms with Gasteiger partial charge in [0.25, 0.3) is 0 Å². The number of aromatic nitrogens is 2. The highest BCUT2D eigenvalue weighted by molar-refractivity contribution is 5.37. The lowest BCUT2D eigenvalue weighted by Gasteiger charge is -1.98. The molecule has 0 amide bonds. The Kier molecular flexibility index (Phi) is 1.63. The normalized spacial score (nSPS) is 9.40. The zero-order chi connectivity index (χ0) is 7.56. The lowest BCUT2D eigenvalue weighted by molar-refractivity contribution is 0.618. The highest BCUT2D eigenvalue weighted by Gasteiger charge is 2.01. The topological polar surface area (TPSA) is 89.8 Å². The zero-order valence-corrected chi connectivity index (χ0v) is 5.00. The van der Waals surface area contributed by atoms with Crippen molar-refractivity contribution in [2.75, 3.05) is 11.2 Å². The van der Waals surface area contributed by atoms with Gasteiger partial charge in [-0.25, -0.2) is 15.2 Å². The van der Waals surface area contributed by atoms with E-state index in [1.807, 2.05) is 5.43 Å². The number of rotatable bonds is 1. The van der Waals surface area contributed by atoms with Gasteiger partial charge >= 0.3 is 0 Å². The van der Waals surface area contributed by atoms with Gasteiger partial charge in [0.1, 0.15) is 0 Å². The van der Waals surface area contributed by atoms with E-state index in [4.69, 9.17) is 11.6 Å². The van der Waals surface area contributed by atoms with Gasteiger partial charge in [0, 0.05) is 0 Å². The zero-order valence-electron chi connectivity index (χ0n) is 5.00. The van der Waals surface area contributed by atoms with Crippen LogP contribution < -0.4 is 17.0 Å². The average molecular weight is 143 g/mol. The summed E-state index contributed by atoms with van der Waals surface area (Å²) in [5.74, 6) is 4.13. The number of hydrazine groups is 1. The van der Waals surface area contributed by atoms with Crippen molar-refractivity contribution in [3.05, 3.63) is 12.0 Å². The second kappa shape index (κ2) is 2.44. The van der Waals surface area contributed by atoms with Crippen LogP contribution in [0, 0.1) is 5.82 Å². The summed E-state index contributed by atoms with van der Waals surface area (Å²) in [7, 11) is 0. The molecule has 0 aliphatic heterocycles. The van der Waals surface area contributed by atoms with Gasteiger partial charge in [0.05, 0.1) is 6.20 Å². The molecule has 0 saturated heterocycles. The summed E-state index contributed by atoms with van der Waals surface area (Å²) < 4.78 is 12.4. The van der Waals surface area contributed by atoms with Crippen molar-refractivity contribution in [3.8, 4) is 0 Å². The highest BCUT2D eigenvalue weighted by Crippen LogP contribution is 2.07. The first kappa shape index (κ1) is 6.69. The second-order valence-corrected chi connectivity index (χ2v) is 1.57. The predicted octanol–water partition coefficient (Wildman–Crippen LogP) is -0.516. The Hall–Kier alpha value is -1.43. The molecule has 5 nitrogen and oxygen atoms in total. The van der Waals surface area contributed by atoms with E-state index in [0.717, 1.165) is 6.20 Å². The maximum Gasteiger partial charge on any atom is 0.222 e. The molecule has 5 N–H and O–H groups in total. The number of hydrogen-bond acceptors (Lipinski definition) is 5. The standard InChI is InChI=1S/C4H6FN5/c5-2-1-8-4(6)9-3(2)10-7/h1H,7H2,(H3,6,8,9,10). The molecule has 1 heterocycles. The van der Waals surface area contributed by atoms with Crippen LogP contribution in [0.5, 0.6) is 0 Å². The van der Waals surface area contributed by atoms with Crippen molar-refractivity contribution in [1.82, 2.24) is 9.97 Å². The molecule has 0 saturated carbocycles. The summed E-state index contributed by atoms with van der Waals surface area (Å²) in [5, 5.41) is 0. The lowest BCUT2D eigenvalue weighted by Crippen LogP contribution is -2.12. The SMILES string of the molecule is NNc1nc(N)ncc1F. The Labute approximate surface area is 56.2 Å². The van der Waals surface area contributed by atoms with Crippen LogP contribution in [0.15, 0.2) is 6.20 Å². The van der Waals surface area contributed by atoms with Crippen LogP contribution in [0.25, 0.3) is 0 Å². The fourth-order valence-corrected chi connectivity index (χ4v) is 0.482. The molecule has 0 aromatic carbocycles. The third-order valence-electron chi connectivity index (χ3n) is 0.899. The first-order chi connectivity index (χ1) is 4.74. The van der Waals surface area contributed by atoms with Crippen LogP contribution in [-0.4, -0.2) is 9.97 Å². The van der Waals surface area contributed by atoms with E-state index >= 15 is 0 Å². The fraction of sp³-hybridized carbons (Fsp3) is 0. The molecular weight excluding hydrogens is 137 g/mol. The maximum atomic E-state index is 12.4. The van der Waals surface area contributed by atoms with Crippen molar-refractivity contribution < 1.29 is 4.39 Å². The van der Waals surface area contributed by atoms with Gasteiger partial charge < -0.3 is 11.2 Å². The van der Waals surface area contributed by atoms with Crippen molar-refractivity contribution >= 4 is 11.8 Å². The van der Waals surface area contributed by atoms with E-state index < -0.39 is 5.82 Å². The monoisotopic (exact) mass is 143 g/mol. The molecule has 0 spiro atoms. The van der Waals surface area contributed by atoms with Crippen molar-refractivity contribution in [1.29, 1.82) is 0 Å². The number of nitrogens with one attached hydrogen (secondary N) is 1. The largest absolute Gasteiger partial charge is 0.368 e. The number of hydrogen-bond donors (Lipinski definition) is 3. The predicted molar refractivity (Wildman–Crippen MR) is 34.2 cm³/mol. The van der Waals surface area contributed by atoms with Gasteiger partial charge in [-0.05, 0) is 0 Å². The summed E-state index contributed by atoms with van der Waals surface area (Å²) in [6.07, 6.45) is 0.942. The molecule has 0 radical (unpaired) electrons. The summed E-state index contributed by atoms with van der Waals surface area (Å²) in [5.41, 5.74) is 7.15. The van der Waals surface area contributed by atoms with Gasteiger partial charge in [0.15, 0.2) is 11.6 Å². The highest BCUT2D eigenvalue weighted by atomic mass is 19.1. The molecule has 6 heteroatoms. The van der Waals surface area contributed by atoms with Crippen molar-refractivity contribution in [3.63, 3.8) is 0 Å². The van der Waals surface area contributed by atoms with Crippen molar-refractivity contribution in [2.24, 2.45) is 5.84 Å². The third kappa shape index (κ3) is 1.11. The number of nitrogen functional groups attached to an aromatic ring is 2. The van der Waals surface area contributed by atoms with Gasteiger partial charge in [0.2, 0.25) is 5.95 Å². The minimum absolute atomic E-state index is 0.0191. The second-order valence-electron chi connectivity index (χ2n) is 1.57. The molecule has 1 aromatic rings. The van der Waals surface area contributed by atoms with E-state index in [1.165, 1.54) is 0 Å². The third-order valence-corrected chi connectivity index (χ3v) is 0.899. The van der Waals surface area contributed by atoms with Gasteiger partial charge in [-0.3, -0.25) is 0 Å². The van der Waals surface area contributed by atoms with Crippen LogP contribution in [0.3, 0.4) is 0 Å². The molecule has 0 bridgehead atoms. The minimum Gasteiger partial charge on any atom is -0.368 e. The molecule has 0 atom stereocenters. The molecule has 1 rings (SSSR count). The lowest BCUT2D eigenvalue weighted by atomic mass is 10.6. The quantitative estimate of drug-likeness (QED) is 0.363. The van der Waals surface area contributed by atoms with Gasteiger partial charge in [-0.1, -0.05) is 0 Å². The molecule has 54 valence electrons. The van der Waals surface area contributed by atoms with Crippen LogP contribution in [0.1, 0.15) is 0 Å². The number of nitrogens with zero attached hydrogens (tertiary/aromatic N) is 2. The fourth-order valence-electron chi connectivity index (χ4n) is 0.482. The summed E-state index contributed by atoms with van der Waals surface area (Å²) in [4.78, 5) is 6.83. The molecule has 0 aliphatic rings. The number of nitrogens with two attached hydrogens (primary N) is 2. The maximum absolute atomic E-state index is 12.4. The summed E-state index contributed by atoms with van der Waals surface area (Å²) in [6, 6.07) is 0. The molecule has 0 unspecified atom stereocenters. The number of halogens is 1. The average Bonchev–Trinajstić information content (AvgIpc) is 1.94. The van der Waals surface area contributed by atoms with Crippen LogP contribution >= 0.6 is 0 Å². The van der Waals surface area contributed by atoms with E-state index in [0.29, 0.717) is 0 Å². The van der Waals surface area contributed by atoms with E-state index in [2.05, 4.69) is 9.97 Å². The van der Waals surface area contributed by atoms with E-state index in [9.17, 15) is 4.39 Å². The van der Waals surface area contributed by atoms with Crippen LogP contribution in [0.4, 0.5) is 16.2 Å². The Bertz CT molecular complexity index is 237. The molecule has 10 heavy (non-hydrogen) atoms. The molecule has 0 fully saturated rings. The van der Waals surface area contributed by atoms with E-state index in [-0.39, 0.29) is 11.8 Å². The Morgan fingerprint density at radius 3 is 2.80 bits per heavy atom. The first-order valence-corrected chi connectivity index (χ1v) is 2.48. The Balaban J connectivity index is 3.09. The first-order valence-electron chi connectivity index (χ1n) is 2.48. The summed E-state index contributed by atoms with van der Waals surface area (Å²) >= 11 is 0. The smallest absolute Gasteiger partial charge is 0.222 e. The van der Waals surface area contributed by atoms with Crippen LogP contribution in [0.2, 0.25) is 0 Å². The molecule has 0 aliphatic carbocycles. The Morgan fingerprint density at radius 1 is 1.60 bits per heavy atom. The minimum atomic E-state index is -0.628. The number of anilines is 2. The molecule has 1 aromatic heterocycles. The summed E-state index contributed by atoms with van der Waals surface area (Å²) in [6.45, 7) is 0. The van der Waals surface area contributed by atoms with Crippen LogP contribution in [-0.2, 0) is 0 Å².